The van der Waals surface area contributed by atoms with Crippen LogP contribution in [0.15, 0.2) is 0 Å². The highest BCUT2D eigenvalue weighted by Gasteiger charge is 2.28. The molecule has 1 aliphatic heterocycles. The lowest BCUT2D eigenvalue weighted by atomic mass is 9.78. The van der Waals surface area contributed by atoms with Crippen molar-refractivity contribution >= 4 is 5.97 Å². The molecule has 0 spiro atoms. The van der Waals surface area contributed by atoms with Gasteiger partial charge in [-0.05, 0) is 38.3 Å². The summed E-state index contributed by atoms with van der Waals surface area (Å²) in [6, 6.07) is 0. The van der Waals surface area contributed by atoms with E-state index >= 15 is 0 Å². The Morgan fingerprint density at radius 3 is 2.44 bits per heavy atom. The van der Waals surface area contributed by atoms with E-state index in [9.17, 15) is 4.79 Å². The van der Waals surface area contributed by atoms with Crippen LogP contribution in [0.1, 0.15) is 46.5 Å². The Bertz CT molecular complexity index is 220. The number of nitrogens with zero attached hydrogens (tertiary/aromatic N) is 1. The van der Waals surface area contributed by atoms with Crippen LogP contribution in [0, 0.1) is 5.41 Å². The third-order valence-electron chi connectivity index (χ3n) is 3.85. The molecule has 1 saturated heterocycles. The summed E-state index contributed by atoms with van der Waals surface area (Å²) in [4.78, 5) is 13.6. The molecule has 0 aromatic carbocycles. The molecule has 3 heteroatoms. The molecule has 0 saturated carbocycles. The molecule has 0 aliphatic carbocycles. The van der Waals surface area contributed by atoms with Crippen molar-refractivity contribution in [3.8, 4) is 0 Å². The number of piperidine rings is 1. The highest BCUT2D eigenvalue weighted by atomic mass is 16.5. The summed E-state index contributed by atoms with van der Waals surface area (Å²) in [6.45, 7) is 10.1. The van der Waals surface area contributed by atoms with Gasteiger partial charge in [0.1, 0.15) is 0 Å². The maximum absolute atomic E-state index is 11.2. The Balaban J connectivity index is 2.20. The van der Waals surface area contributed by atoms with Crippen molar-refractivity contribution in [1.82, 2.24) is 4.90 Å². The molecule has 1 fully saturated rings. The Hall–Kier alpha value is -0.570. The summed E-state index contributed by atoms with van der Waals surface area (Å²) in [5, 5.41) is 0. The first-order chi connectivity index (χ1) is 7.59. The van der Waals surface area contributed by atoms with E-state index in [4.69, 9.17) is 4.74 Å². The van der Waals surface area contributed by atoms with Gasteiger partial charge < -0.3 is 9.64 Å². The topological polar surface area (TPSA) is 29.5 Å². The molecular weight excluding hydrogens is 202 g/mol. The molecule has 1 heterocycles. The molecule has 0 amide bonds. The lowest BCUT2D eigenvalue weighted by molar-refractivity contribution is -0.143. The van der Waals surface area contributed by atoms with Crippen LogP contribution >= 0.6 is 0 Å². The first-order valence-electron chi connectivity index (χ1n) is 6.47. The average molecular weight is 227 g/mol. The number of esters is 1. The monoisotopic (exact) mass is 227 g/mol. The van der Waals surface area contributed by atoms with E-state index in [1.54, 1.807) is 0 Å². The first kappa shape index (κ1) is 13.5. The van der Waals surface area contributed by atoms with Crippen LogP contribution in [0.25, 0.3) is 0 Å². The fourth-order valence-corrected chi connectivity index (χ4v) is 2.15. The van der Waals surface area contributed by atoms with E-state index in [2.05, 4.69) is 18.7 Å². The largest absolute Gasteiger partial charge is 0.466 e. The van der Waals surface area contributed by atoms with Crippen molar-refractivity contribution in [2.24, 2.45) is 5.41 Å². The van der Waals surface area contributed by atoms with Gasteiger partial charge in [0.25, 0.3) is 0 Å². The van der Waals surface area contributed by atoms with E-state index in [-0.39, 0.29) is 5.97 Å². The SMILES string of the molecule is CCOC(=O)CCN1CCC(C)(CC)CC1. The van der Waals surface area contributed by atoms with Crippen LogP contribution in [0.2, 0.25) is 0 Å². The van der Waals surface area contributed by atoms with Crippen molar-refractivity contribution in [3.63, 3.8) is 0 Å². The van der Waals surface area contributed by atoms with E-state index in [0.29, 0.717) is 18.4 Å². The standard InChI is InChI=1S/C13H25NO2/c1-4-13(3)7-10-14(11-8-13)9-6-12(15)16-5-2/h4-11H2,1-3H3. The van der Waals surface area contributed by atoms with Gasteiger partial charge >= 0.3 is 5.97 Å². The molecule has 0 radical (unpaired) electrons. The summed E-state index contributed by atoms with van der Waals surface area (Å²) in [6.07, 6.45) is 4.31. The van der Waals surface area contributed by atoms with Gasteiger partial charge in [0.05, 0.1) is 13.0 Å². The molecule has 0 aromatic heterocycles. The van der Waals surface area contributed by atoms with Crippen LogP contribution in [0.5, 0.6) is 0 Å². The molecule has 0 aromatic rings. The summed E-state index contributed by atoms with van der Waals surface area (Å²) >= 11 is 0. The molecule has 1 aliphatic rings. The minimum absolute atomic E-state index is 0.0636. The van der Waals surface area contributed by atoms with E-state index in [0.717, 1.165) is 19.6 Å². The van der Waals surface area contributed by atoms with Gasteiger partial charge in [-0.25, -0.2) is 0 Å². The highest BCUT2D eigenvalue weighted by Crippen LogP contribution is 2.33. The van der Waals surface area contributed by atoms with Crippen LogP contribution < -0.4 is 0 Å². The molecule has 0 unspecified atom stereocenters. The number of likely N-dealkylation sites (tertiary alicyclic amines) is 1. The number of hydrogen-bond donors (Lipinski definition) is 0. The Labute approximate surface area is 99.1 Å². The third-order valence-corrected chi connectivity index (χ3v) is 3.85. The Morgan fingerprint density at radius 1 is 1.31 bits per heavy atom. The van der Waals surface area contributed by atoms with Gasteiger partial charge in [0.15, 0.2) is 0 Å². The van der Waals surface area contributed by atoms with Gasteiger partial charge in [-0.1, -0.05) is 20.3 Å². The molecule has 0 N–H and O–H groups in total. The lowest BCUT2D eigenvalue weighted by Crippen LogP contribution is -2.39. The maximum Gasteiger partial charge on any atom is 0.307 e. The first-order valence-corrected chi connectivity index (χ1v) is 6.47. The van der Waals surface area contributed by atoms with E-state index in [1.165, 1.54) is 19.3 Å². The minimum Gasteiger partial charge on any atom is -0.466 e. The highest BCUT2D eigenvalue weighted by molar-refractivity contribution is 5.69. The smallest absolute Gasteiger partial charge is 0.307 e. The predicted octanol–water partition coefficient (Wildman–Crippen LogP) is 2.45. The number of carbonyl (C=O) groups is 1. The number of ether oxygens (including phenoxy) is 1. The number of hydrogen-bond acceptors (Lipinski definition) is 3. The quantitative estimate of drug-likeness (QED) is 0.676. The van der Waals surface area contributed by atoms with Gasteiger partial charge in [-0.15, -0.1) is 0 Å². The van der Waals surface area contributed by atoms with Crippen LogP contribution in [-0.2, 0) is 9.53 Å². The molecule has 1 rings (SSSR count). The van der Waals surface area contributed by atoms with Crippen LogP contribution in [0.3, 0.4) is 0 Å². The fraction of sp³-hybridized carbons (Fsp3) is 0.923. The van der Waals surface area contributed by atoms with Crippen LogP contribution in [0.4, 0.5) is 0 Å². The second-order valence-corrected chi connectivity index (χ2v) is 5.06. The fourth-order valence-electron chi connectivity index (χ4n) is 2.15. The number of carbonyl (C=O) groups excluding carboxylic acids is 1. The zero-order chi connectivity index (χ0) is 12.0. The van der Waals surface area contributed by atoms with Crippen molar-refractivity contribution in [1.29, 1.82) is 0 Å². The molecule has 94 valence electrons. The zero-order valence-corrected chi connectivity index (χ0v) is 10.9. The van der Waals surface area contributed by atoms with Crippen molar-refractivity contribution in [2.75, 3.05) is 26.2 Å². The van der Waals surface area contributed by atoms with Crippen LogP contribution in [-0.4, -0.2) is 37.1 Å². The van der Waals surface area contributed by atoms with Crippen molar-refractivity contribution in [2.45, 2.75) is 46.5 Å². The van der Waals surface area contributed by atoms with Gasteiger partial charge in [0, 0.05) is 6.54 Å². The number of rotatable bonds is 5. The minimum atomic E-state index is -0.0636. The molecule has 16 heavy (non-hydrogen) atoms. The average Bonchev–Trinajstić information content (AvgIpc) is 2.29. The predicted molar refractivity (Wildman–Crippen MR) is 65.3 cm³/mol. The molecule has 3 nitrogen and oxygen atoms in total. The third kappa shape index (κ3) is 4.12. The van der Waals surface area contributed by atoms with E-state index < -0.39 is 0 Å². The lowest BCUT2D eigenvalue weighted by Gasteiger charge is -2.38. The second-order valence-electron chi connectivity index (χ2n) is 5.06. The Morgan fingerprint density at radius 2 is 1.94 bits per heavy atom. The summed E-state index contributed by atoms with van der Waals surface area (Å²) < 4.78 is 4.93. The van der Waals surface area contributed by atoms with Crippen molar-refractivity contribution in [3.05, 3.63) is 0 Å². The maximum atomic E-state index is 11.2. The summed E-state index contributed by atoms with van der Waals surface area (Å²) in [7, 11) is 0. The van der Waals surface area contributed by atoms with Gasteiger partial charge in [-0.2, -0.15) is 0 Å². The van der Waals surface area contributed by atoms with Gasteiger partial charge in [-0.3, -0.25) is 4.79 Å². The van der Waals surface area contributed by atoms with Gasteiger partial charge in [0.2, 0.25) is 0 Å². The molecule has 0 bridgehead atoms. The Kier molecular flexibility index (Phi) is 5.26. The van der Waals surface area contributed by atoms with Crippen molar-refractivity contribution < 1.29 is 9.53 Å². The zero-order valence-electron chi connectivity index (χ0n) is 10.9. The van der Waals surface area contributed by atoms with E-state index in [1.807, 2.05) is 6.92 Å². The molecule has 0 atom stereocenters. The molecular formula is C13H25NO2. The summed E-state index contributed by atoms with van der Waals surface area (Å²) in [5.41, 5.74) is 0.528. The second kappa shape index (κ2) is 6.24. The summed E-state index contributed by atoms with van der Waals surface area (Å²) in [5.74, 6) is -0.0636. The normalized spacial score (nSPS) is 20.7.